The molecule has 0 atom stereocenters. The molecule has 1 aliphatic carbocycles. The minimum absolute atomic E-state index is 0.0275. The lowest BCUT2D eigenvalue weighted by atomic mass is 10.1. The highest BCUT2D eigenvalue weighted by Gasteiger charge is 2.30. The van der Waals surface area contributed by atoms with Crippen LogP contribution in [0.2, 0.25) is 0 Å². The summed E-state index contributed by atoms with van der Waals surface area (Å²) in [6, 6.07) is 8.26. The van der Waals surface area contributed by atoms with Crippen molar-refractivity contribution < 1.29 is 4.79 Å². The minimum atomic E-state index is 0.0275. The fourth-order valence-electron chi connectivity index (χ4n) is 2.76. The van der Waals surface area contributed by atoms with Gasteiger partial charge in [-0.15, -0.1) is 16.8 Å². The molecular weight excluding hydrogens is 332 g/mol. The Morgan fingerprint density at radius 1 is 1.40 bits per heavy atom. The highest BCUT2D eigenvalue weighted by Crippen LogP contribution is 2.40. The van der Waals surface area contributed by atoms with Crippen molar-refractivity contribution in [3.63, 3.8) is 0 Å². The molecule has 132 valence electrons. The Hall–Kier alpha value is -2.08. The molecule has 6 heteroatoms. The monoisotopic (exact) mass is 356 g/mol. The van der Waals surface area contributed by atoms with Crippen LogP contribution in [-0.4, -0.2) is 33.0 Å². The van der Waals surface area contributed by atoms with Crippen molar-refractivity contribution in [2.75, 3.05) is 12.3 Å². The van der Waals surface area contributed by atoms with Crippen LogP contribution in [0.1, 0.15) is 35.7 Å². The SMILES string of the molecule is C=CCn1c(SCC(=O)NCCc2ccccc2C)nnc1C1CC1. The fraction of sp³-hybridized carbons (Fsp3) is 0.421. The molecule has 5 nitrogen and oxygen atoms in total. The van der Waals surface area contributed by atoms with E-state index in [1.54, 1.807) is 0 Å². The van der Waals surface area contributed by atoms with Crippen LogP contribution in [0.15, 0.2) is 42.1 Å². The summed E-state index contributed by atoms with van der Waals surface area (Å²) in [4.78, 5) is 12.1. The molecule has 1 aromatic heterocycles. The number of nitrogens with zero attached hydrogens (tertiary/aromatic N) is 3. The largest absolute Gasteiger partial charge is 0.355 e. The second-order valence-electron chi connectivity index (χ2n) is 6.33. The predicted octanol–water partition coefficient (Wildman–Crippen LogP) is 3.10. The summed E-state index contributed by atoms with van der Waals surface area (Å²) in [5.41, 5.74) is 2.53. The average Bonchev–Trinajstić information content (AvgIpc) is 3.37. The van der Waals surface area contributed by atoms with Crippen LogP contribution < -0.4 is 5.32 Å². The van der Waals surface area contributed by atoms with Crippen molar-refractivity contribution in [1.82, 2.24) is 20.1 Å². The summed E-state index contributed by atoms with van der Waals surface area (Å²) in [5.74, 6) is 1.94. The normalized spacial score (nSPS) is 13.6. The lowest BCUT2D eigenvalue weighted by Crippen LogP contribution is -2.27. The smallest absolute Gasteiger partial charge is 0.230 e. The molecule has 0 radical (unpaired) electrons. The number of nitrogens with one attached hydrogen (secondary N) is 1. The molecule has 3 rings (SSSR count). The molecule has 1 saturated carbocycles. The Kier molecular flexibility index (Phi) is 5.91. The number of rotatable bonds is 9. The Bertz CT molecular complexity index is 752. The maximum atomic E-state index is 12.1. The van der Waals surface area contributed by atoms with Crippen LogP contribution in [0.5, 0.6) is 0 Å². The van der Waals surface area contributed by atoms with Crippen molar-refractivity contribution in [2.24, 2.45) is 0 Å². The molecular formula is C19H24N4OS. The molecule has 0 aliphatic heterocycles. The van der Waals surface area contributed by atoms with Crippen molar-refractivity contribution >= 4 is 17.7 Å². The quantitative estimate of drug-likeness (QED) is 0.554. The van der Waals surface area contributed by atoms with E-state index in [0.717, 1.165) is 17.4 Å². The first-order valence-electron chi connectivity index (χ1n) is 8.67. The van der Waals surface area contributed by atoms with E-state index in [-0.39, 0.29) is 5.91 Å². The van der Waals surface area contributed by atoms with Crippen molar-refractivity contribution in [1.29, 1.82) is 0 Å². The topological polar surface area (TPSA) is 59.8 Å². The van der Waals surface area contributed by atoms with Gasteiger partial charge in [-0.3, -0.25) is 4.79 Å². The number of hydrogen-bond acceptors (Lipinski definition) is 4. The van der Waals surface area contributed by atoms with Gasteiger partial charge in [-0.1, -0.05) is 42.1 Å². The summed E-state index contributed by atoms with van der Waals surface area (Å²) in [6.45, 7) is 7.24. The number of hydrogen-bond donors (Lipinski definition) is 1. The van der Waals surface area contributed by atoms with Gasteiger partial charge in [-0.2, -0.15) is 0 Å². The number of carbonyl (C=O) groups is 1. The van der Waals surface area contributed by atoms with E-state index in [2.05, 4.69) is 45.7 Å². The second-order valence-corrected chi connectivity index (χ2v) is 7.27. The maximum absolute atomic E-state index is 12.1. The van der Waals surface area contributed by atoms with Gasteiger partial charge in [0.05, 0.1) is 5.75 Å². The van der Waals surface area contributed by atoms with Crippen LogP contribution in [0.3, 0.4) is 0 Å². The first-order chi connectivity index (χ1) is 12.2. The number of thioether (sulfide) groups is 1. The summed E-state index contributed by atoms with van der Waals surface area (Å²) >= 11 is 1.44. The molecule has 2 aromatic rings. The summed E-state index contributed by atoms with van der Waals surface area (Å²) in [6.07, 6.45) is 5.06. The molecule has 0 unspecified atom stereocenters. The third-order valence-corrected chi connectivity index (χ3v) is 5.28. The molecule has 1 fully saturated rings. The van der Waals surface area contributed by atoms with Gasteiger partial charge in [0, 0.05) is 19.0 Å². The van der Waals surface area contributed by atoms with E-state index < -0.39 is 0 Å². The maximum Gasteiger partial charge on any atom is 0.230 e. The van der Waals surface area contributed by atoms with Gasteiger partial charge in [-0.05, 0) is 37.3 Å². The van der Waals surface area contributed by atoms with Gasteiger partial charge in [0.2, 0.25) is 5.91 Å². The number of carbonyl (C=O) groups excluding carboxylic acids is 1. The van der Waals surface area contributed by atoms with Gasteiger partial charge in [0.1, 0.15) is 5.82 Å². The summed E-state index contributed by atoms with van der Waals surface area (Å²) in [5, 5.41) is 12.3. The van der Waals surface area contributed by atoms with Gasteiger partial charge < -0.3 is 9.88 Å². The number of amides is 1. The molecule has 25 heavy (non-hydrogen) atoms. The standard InChI is InChI=1S/C19H24N4OS/c1-3-12-23-18(16-8-9-16)21-22-19(23)25-13-17(24)20-11-10-15-7-5-4-6-14(15)2/h3-7,16H,1,8-13H2,2H3,(H,20,24). The van der Waals surface area contributed by atoms with Crippen LogP contribution in [0.25, 0.3) is 0 Å². The van der Waals surface area contributed by atoms with Gasteiger partial charge >= 0.3 is 0 Å². The molecule has 0 spiro atoms. The van der Waals surface area contributed by atoms with E-state index in [4.69, 9.17) is 0 Å². The van der Waals surface area contributed by atoms with Crippen LogP contribution in [0.4, 0.5) is 0 Å². The molecule has 1 heterocycles. The van der Waals surface area contributed by atoms with Crippen molar-refractivity contribution in [2.45, 2.75) is 43.8 Å². The first kappa shape index (κ1) is 17.7. The molecule has 1 aromatic carbocycles. The van der Waals surface area contributed by atoms with Crippen molar-refractivity contribution in [3.8, 4) is 0 Å². The van der Waals surface area contributed by atoms with Gasteiger partial charge in [0.15, 0.2) is 5.16 Å². The molecule has 0 bridgehead atoms. The Morgan fingerprint density at radius 2 is 2.20 bits per heavy atom. The lowest BCUT2D eigenvalue weighted by molar-refractivity contribution is -0.118. The highest BCUT2D eigenvalue weighted by molar-refractivity contribution is 7.99. The number of allylic oxidation sites excluding steroid dienone is 1. The molecule has 1 amide bonds. The third kappa shape index (κ3) is 4.72. The van der Waals surface area contributed by atoms with Crippen LogP contribution >= 0.6 is 11.8 Å². The summed E-state index contributed by atoms with van der Waals surface area (Å²) < 4.78 is 2.08. The zero-order valence-corrected chi connectivity index (χ0v) is 15.4. The van der Waals surface area contributed by atoms with E-state index >= 15 is 0 Å². The Morgan fingerprint density at radius 3 is 2.92 bits per heavy atom. The van der Waals surface area contributed by atoms with Gasteiger partial charge in [-0.25, -0.2) is 0 Å². The third-order valence-electron chi connectivity index (χ3n) is 4.31. The average molecular weight is 356 g/mol. The van der Waals surface area contributed by atoms with E-state index in [0.29, 0.717) is 24.8 Å². The Balaban J connectivity index is 1.47. The zero-order chi connectivity index (χ0) is 17.6. The minimum Gasteiger partial charge on any atom is -0.355 e. The molecule has 1 aliphatic rings. The van der Waals surface area contributed by atoms with Crippen LogP contribution in [0, 0.1) is 6.92 Å². The highest BCUT2D eigenvalue weighted by atomic mass is 32.2. The zero-order valence-electron chi connectivity index (χ0n) is 14.6. The van der Waals surface area contributed by atoms with E-state index in [1.165, 1.54) is 35.7 Å². The summed E-state index contributed by atoms with van der Waals surface area (Å²) in [7, 11) is 0. The number of aromatic nitrogens is 3. The first-order valence-corrected chi connectivity index (χ1v) is 9.65. The number of benzene rings is 1. The van der Waals surface area contributed by atoms with Crippen LogP contribution in [-0.2, 0) is 17.8 Å². The second kappa shape index (κ2) is 8.34. The van der Waals surface area contributed by atoms with E-state index in [1.807, 2.05) is 18.2 Å². The van der Waals surface area contributed by atoms with E-state index in [9.17, 15) is 4.79 Å². The lowest BCUT2D eigenvalue weighted by Gasteiger charge is -2.08. The van der Waals surface area contributed by atoms with Crippen molar-refractivity contribution in [3.05, 3.63) is 53.9 Å². The van der Waals surface area contributed by atoms with Gasteiger partial charge in [0.25, 0.3) is 0 Å². The fourth-order valence-corrected chi connectivity index (χ4v) is 3.54. The Labute approximate surface area is 152 Å². The number of aryl methyl sites for hydroxylation is 1. The predicted molar refractivity (Wildman–Crippen MR) is 101 cm³/mol. The molecule has 0 saturated heterocycles. The molecule has 1 N–H and O–H groups in total.